The predicted octanol–water partition coefficient (Wildman–Crippen LogP) is 4.51. The number of nitrogens with zero attached hydrogens (tertiary/aromatic N) is 1. The lowest BCUT2D eigenvalue weighted by Crippen LogP contribution is -2.55. The van der Waals surface area contributed by atoms with Gasteiger partial charge >= 0.3 is 6.09 Å². The van der Waals surface area contributed by atoms with Crippen molar-refractivity contribution in [3.05, 3.63) is 34.9 Å². The maximum Gasteiger partial charge on any atom is 0.410 e. The summed E-state index contributed by atoms with van der Waals surface area (Å²) in [5.74, 6) is 0. The Balaban J connectivity index is 2.96. The number of hydrogen-bond donors (Lipinski definition) is 1. The Morgan fingerprint density at radius 1 is 1.48 bits per heavy atom. The Kier molecular flexibility index (Phi) is 7.55. The van der Waals surface area contributed by atoms with E-state index >= 15 is 0 Å². The first-order chi connectivity index (χ1) is 10.6. The molecule has 0 aromatic carbocycles. The zero-order valence-corrected chi connectivity index (χ0v) is 16.2. The number of likely N-dealkylation sites (tertiary alicyclic amines) is 1. The zero-order valence-electron chi connectivity index (χ0n) is 14.6. The van der Waals surface area contributed by atoms with Gasteiger partial charge in [-0.25, -0.2) is 4.79 Å². The van der Waals surface area contributed by atoms with Gasteiger partial charge in [0.2, 0.25) is 0 Å². The molecule has 23 heavy (non-hydrogen) atoms. The van der Waals surface area contributed by atoms with Gasteiger partial charge in [0.25, 0.3) is 0 Å². The maximum absolute atomic E-state index is 12.5. The van der Waals surface area contributed by atoms with Crippen molar-refractivity contribution in [1.29, 1.82) is 0 Å². The van der Waals surface area contributed by atoms with Crippen LogP contribution >= 0.6 is 15.9 Å². The number of hydrogen-bond acceptors (Lipinski definition) is 3. The van der Waals surface area contributed by atoms with E-state index in [1.165, 1.54) is 0 Å². The lowest BCUT2D eigenvalue weighted by molar-refractivity contribution is 0.00706. The first-order valence-corrected chi connectivity index (χ1v) is 8.84. The molecule has 0 bridgehead atoms. The monoisotopic (exact) mass is 384 g/mol. The lowest BCUT2D eigenvalue weighted by atomic mass is 9.91. The topological polar surface area (TPSA) is 55.6 Å². The second kappa shape index (κ2) is 8.69. The van der Waals surface area contributed by atoms with Crippen molar-refractivity contribution >= 4 is 22.0 Å². The number of allylic oxidation sites excluding steroid dienone is 4. The summed E-state index contributed by atoms with van der Waals surface area (Å²) < 4.78 is 6.57. The molecule has 0 aliphatic carbocycles. The number of rotatable bonds is 4. The van der Waals surface area contributed by atoms with Gasteiger partial charge in [-0.3, -0.25) is 0 Å². The van der Waals surface area contributed by atoms with Crippen LogP contribution in [-0.4, -0.2) is 35.2 Å². The fourth-order valence-electron chi connectivity index (χ4n) is 2.72. The molecule has 4 nitrogen and oxygen atoms in total. The lowest BCUT2D eigenvalue weighted by Gasteiger charge is -2.40. The minimum absolute atomic E-state index is 0.0477. The fourth-order valence-corrected chi connectivity index (χ4v) is 3.01. The fraction of sp³-hybridized carbons (Fsp3) is 0.611. The van der Waals surface area contributed by atoms with Gasteiger partial charge in [0, 0.05) is 12.6 Å². The van der Waals surface area contributed by atoms with Crippen LogP contribution in [0.5, 0.6) is 0 Å². The van der Waals surface area contributed by atoms with E-state index in [0.717, 1.165) is 22.9 Å². The average Bonchev–Trinajstić information content (AvgIpc) is 2.38. The molecule has 2 unspecified atom stereocenters. The number of carbonyl (C=O) groups is 1. The number of carbonyl (C=O) groups excluding carboxylic acids is 1. The zero-order chi connectivity index (χ0) is 17.6. The van der Waals surface area contributed by atoms with Crippen LogP contribution in [0.4, 0.5) is 4.79 Å². The molecule has 0 aromatic rings. The van der Waals surface area contributed by atoms with E-state index in [-0.39, 0.29) is 18.2 Å². The highest BCUT2D eigenvalue weighted by molar-refractivity contribution is 9.11. The van der Waals surface area contributed by atoms with Crippen molar-refractivity contribution in [2.24, 2.45) is 5.73 Å². The summed E-state index contributed by atoms with van der Waals surface area (Å²) in [6.07, 6.45) is 7.99. The van der Waals surface area contributed by atoms with Crippen molar-refractivity contribution < 1.29 is 9.53 Å². The number of halogens is 1. The van der Waals surface area contributed by atoms with Crippen LogP contribution in [0.1, 0.15) is 47.0 Å². The summed E-state index contributed by atoms with van der Waals surface area (Å²) in [7, 11) is 0. The number of ether oxygens (including phenoxy) is 1. The Bertz CT molecular complexity index is 488. The van der Waals surface area contributed by atoms with Crippen LogP contribution in [0.3, 0.4) is 0 Å². The largest absolute Gasteiger partial charge is 0.444 e. The molecule has 5 heteroatoms. The third-order valence-electron chi connectivity index (χ3n) is 3.62. The Morgan fingerprint density at radius 3 is 2.65 bits per heavy atom. The van der Waals surface area contributed by atoms with Crippen LogP contribution in [0.25, 0.3) is 0 Å². The van der Waals surface area contributed by atoms with Gasteiger partial charge in [-0.15, -0.1) is 0 Å². The third-order valence-corrected chi connectivity index (χ3v) is 3.85. The van der Waals surface area contributed by atoms with Gasteiger partial charge in [-0.2, -0.15) is 0 Å². The van der Waals surface area contributed by atoms with Gasteiger partial charge in [0.15, 0.2) is 0 Å². The van der Waals surface area contributed by atoms with E-state index in [2.05, 4.69) is 22.5 Å². The molecule has 1 aliphatic rings. The highest BCUT2D eigenvalue weighted by atomic mass is 79.9. The van der Waals surface area contributed by atoms with Crippen LogP contribution in [0, 0.1) is 0 Å². The molecule has 2 N–H and O–H groups in total. The molecule has 0 radical (unpaired) electrons. The summed E-state index contributed by atoms with van der Waals surface area (Å²) in [6, 6.07) is -0.110. The summed E-state index contributed by atoms with van der Waals surface area (Å²) in [4.78, 5) is 14.3. The van der Waals surface area contributed by atoms with Crippen molar-refractivity contribution in [2.75, 3.05) is 6.54 Å². The molecule has 2 atom stereocenters. The molecule has 1 heterocycles. The molecule has 0 aromatic heterocycles. The minimum atomic E-state index is -0.505. The SMILES string of the molecule is C=C/C=C(\C=C(/C)Br)CC1C(N)CCCN1C(=O)OC(C)(C)C. The average molecular weight is 385 g/mol. The van der Waals surface area contributed by atoms with E-state index in [0.29, 0.717) is 13.0 Å². The molecule has 1 rings (SSSR count). The highest BCUT2D eigenvalue weighted by Crippen LogP contribution is 2.26. The van der Waals surface area contributed by atoms with Crippen molar-refractivity contribution in [2.45, 2.75) is 64.6 Å². The van der Waals surface area contributed by atoms with E-state index < -0.39 is 5.60 Å². The van der Waals surface area contributed by atoms with Crippen LogP contribution in [-0.2, 0) is 4.74 Å². The molecule has 0 saturated carbocycles. The van der Waals surface area contributed by atoms with Gasteiger partial charge in [0.05, 0.1) is 6.04 Å². The van der Waals surface area contributed by atoms with Crippen molar-refractivity contribution in [3.8, 4) is 0 Å². The molecular weight excluding hydrogens is 356 g/mol. The van der Waals surface area contributed by atoms with Gasteiger partial charge in [-0.05, 0) is 63.1 Å². The minimum Gasteiger partial charge on any atom is -0.444 e. The molecule has 1 fully saturated rings. The van der Waals surface area contributed by atoms with E-state index in [1.54, 1.807) is 11.0 Å². The van der Waals surface area contributed by atoms with Gasteiger partial charge in [0.1, 0.15) is 5.60 Å². The van der Waals surface area contributed by atoms with E-state index in [4.69, 9.17) is 10.5 Å². The predicted molar refractivity (Wildman–Crippen MR) is 99.5 cm³/mol. The normalized spacial score (nSPS) is 23.7. The second-order valence-electron chi connectivity index (χ2n) is 6.96. The summed E-state index contributed by atoms with van der Waals surface area (Å²) in [5, 5.41) is 0. The van der Waals surface area contributed by atoms with Gasteiger partial charge < -0.3 is 15.4 Å². The van der Waals surface area contributed by atoms with Crippen molar-refractivity contribution in [1.82, 2.24) is 4.90 Å². The first kappa shape index (κ1) is 20.0. The Morgan fingerprint density at radius 2 is 2.13 bits per heavy atom. The van der Waals surface area contributed by atoms with Crippen molar-refractivity contribution in [3.63, 3.8) is 0 Å². The summed E-state index contributed by atoms with van der Waals surface area (Å²) in [5.41, 5.74) is 6.89. The van der Waals surface area contributed by atoms with Crippen LogP contribution < -0.4 is 5.73 Å². The van der Waals surface area contributed by atoms with Gasteiger partial charge in [-0.1, -0.05) is 34.7 Å². The van der Waals surface area contributed by atoms with E-state index in [1.807, 2.05) is 39.8 Å². The first-order valence-electron chi connectivity index (χ1n) is 8.04. The molecule has 1 amide bonds. The molecule has 1 saturated heterocycles. The number of amides is 1. The third kappa shape index (κ3) is 6.92. The molecule has 0 spiro atoms. The summed E-state index contributed by atoms with van der Waals surface area (Å²) >= 11 is 3.46. The number of piperidine rings is 1. The highest BCUT2D eigenvalue weighted by Gasteiger charge is 2.35. The van der Waals surface area contributed by atoms with Crippen LogP contribution in [0.2, 0.25) is 0 Å². The Hall–Kier alpha value is -1.07. The van der Waals surface area contributed by atoms with Crippen LogP contribution in [0.15, 0.2) is 34.9 Å². The smallest absolute Gasteiger partial charge is 0.410 e. The molecular formula is C18H29BrN2O2. The summed E-state index contributed by atoms with van der Waals surface area (Å²) in [6.45, 7) is 12.1. The number of nitrogens with two attached hydrogens (primary N) is 1. The quantitative estimate of drug-likeness (QED) is 0.725. The van der Waals surface area contributed by atoms with E-state index in [9.17, 15) is 4.79 Å². The standard InChI is InChI=1S/C18H29BrN2O2/c1-6-8-14(11-13(2)19)12-16-15(20)9-7-10-21(16)17(22)23-18(3,4)5/h6,8,11,15-16H,1,7,9-10,12,20H2,2-5H3/b13-11+,14-8+. The second-order valence-corrected chi connectivity index (χ2v) is 8.21. The molecule has 130 valence electrons. The maximum atomic E-state index is 12.5. The Labute approximate surface area is 148 Å². The molecule has 1 aliphatic heterocycles.